The monoisotopic (exact) mass is 170 g/mol. The van der Waals surface area contributed by atoms with E-state index in [4.69, 9.17) is 5.11 Å². The van der Waals surface area contributed by atoms with Gasteiger partial charge in [0.25, 0.3) is 0 Å². The number of rotatable bonds is 2. The summed E-state index contributed by atoms with van der Waals surface area (Å²) in [7, 11) is 0. The van der Waals surface area contributed by atoms with Gasteiger partial charge in [0.15, 0.2) is 0 Å². The molecule has 0 saturated carbocycles. The lowest BCUT2D eigenvalue weighted by molar-refractivity contribution is -0.154. The van der Waals surface area contributed by atoms with Crippen molar-refractivity contribution in [3.05, 3.63) is 24.0 Å². The van der Waals surface area contributed by atoms with Crippen molar-refractivity contribution in [3.63, 3.8) is 0 Å². The van der Waals surface area contributed by atoms with E-state index in [0.717, 1.165) is 0 Å². The van der Waals surface area contributed by atoms with Gasteiger partial charge in [-0.05, 0) is 13.8 Å². The molecule has 0 unspecified atom stereocenters. The van der Waals surface area contributed by atoms with Crippen LogP contribution in [0.3, 0.4) is 0 Å². The maximum atomic E-state index is 10.8. The normalized spacial score (nSPS) is 10.7. The molecule has 0 aromatic carbocycles. The van der Waals surface area contributed by atoms with Crippen LogP contribution >= 0.6 is 0 Å². The lowest BCUT2D eigenvalue weighted by Gasteiger charge is -2.00. The second-order valence-corrected chi connectivity index (χ2v) is 2.27. The summed E-state index contributed by atoms with van der Waals surface area (Å²) in [6, 6.07) is 0. The van der Waals surface area contributed by atoms with Crippen LogP contribution in [0, 0.1) is 0 Å². The molecule has 1 N–H and O–H groups in total. The van der Waals surface area contributed by atoms with Crippen molar-refractivity contribution in [2.75, 3.05) is 0 Å². The highest BCUT2D eigenvalue weighted by Gasteiger charge is 2.12. The van der Waals surface area contributed by atoms with Crippen LogP contribution < -0.4 is 0 Å². The fourth-order valence-corrected chi connectivity index (χ4v) is 0.305. The first-order valence-electron chi connectivity index (χ1n) is 3.22. The molecule has 0 spiro atoms. The van der Waals surface area contributed by atoms with Crippen molar-refractivity contribution in [2.24, 2.45) is 0 Å². The minimum Gasteiger partial charge on any atom is -0.515 e. The molecule has 0 amide bonds. The number of esters is 2. The van der Waals surface area contributed by atoms with Crippen LogP contribution in [0.15, 0.2) is 24.0 Å². The Bertz CT molecular complexity index is 250. The van der Waals surface area contributed by atoms with E-state index < -0.39 is 11.9 Å². The molecule has 0 aliphatic rings. The Labute approximate surface area is 70.1 Å². The molecule has 4 nitrogen and oxygen atoms in total. The van der Waals surface area contributed by atoms with Crippen molar-refractivity contribution >= 4 is 11.9 Å². The zero-order valence-corrected chi connectivity index (χ0v) is 6.96. The maximum absolute atomic E-state index is 10.8. The van der Waals surface area contributed by atoms with Gasteiger partial charge < -0.3 is 9.84 Å². The van der Waals surface area contributed by atoms with E-state index in [1.54, 1.807) is 0 Å². The summed E-state index contributed by atoms with van der Waals surface area (Å²) in [6.45, 7) is 6.04. The van der Waals surface area contributed by atoms with Crippen LogP contribution in [-0.4, -0.2) is 17.0 Å². The van der Waals surface area contributed by atoms with E-state index in [2.05, 4.69) is 11.3 Å². The molecule has 12 heavy (non-hydrogen) atoms. The SMILES string of the molecule is C=C(C)C(=O)OC(=O)C(C)=CO. The molecule has 0 atom stereocenters. The van der Waals surface area contributed by atoms with Crippen molar-refractivity contribution < 1.29 is 19.4 Å². The molecule has 0 aliphatic heterocycles. The molecule has 4 heteroatoms. The van der Waals surface area contributed by atoms with E-state index in [9.17, 15) is 9.59 Å². The third-order valence-corrected chi connectivity index (χ3v) is 1.05. The Kier molecular flexibility index (Phi) is 3.76. The molecule has 66 valence electrons. The molecule has 0 aromatic rings. The van der Waals surface area contributed by atoms with Gasteiger partial charge in [-0.25, -0.2) is 9.59 Å². The van der Waals surface area contributed by atoms with Gasteiger partial charge in [-0.1, -0.05) is 6.58 Å². The molecule has 0 rings (SSSR count). The summed E-state index contributed by atoms with van der Waals surface area (Å²) in [5, 5.41) is 8.36. The molecule has 0 aromatic heterocycles. The maximum Gasteiger partial charge on any atom is 0.344 e. The summed E-state index contributed by atoms with van der Waals surface area (Å²) in [6.07, 6.45) is 0.577. The van der Waals surface area contributed by atoms with E-state index in [0.29, 0.717) is 6.26 Å². The fraction of sp³-hybridized carbons (Fsp3) is 0.250. The Morgan fingerprint density at radius 1 is 1.33 bits per heavy atom. The molecule has 0 radical (unpaired) electrons. The summed E-state index contributed by atoms with van der Waals surface area (Å²) < 4.78 is 4.26. The number of hydrogen-bond acceptors (Lipinski definition) is 4. The van der Waals surface area contributed by atoms with Gasteiger partial charge in [-0.15, -0.1) is 0 Å². The van der Waals surface area contributed by atoms with E-state index in [1.165, 1.54) is 13.8 Å². The van der Waals surface area contributed by atoms with Crippen LogP contribution in [0.1, 0.15) is 13.8 Å². The third-order valence-electron chi connectivity index (χ3n) is 1.05. The Balaban J connectivity index is 4.21. The number of aliphatic hydroxyl groups excluding tert-OH is 1. The van der Waals surface area contributed by atoms with Gasteiger partial charge in [0.2, 0.25) is 0 Å². The Morgan fingerprint density at radius 3 is 2.17 bits per heavy atom. The number of carbonyl (C=O) groups is 2. The number of ether oxygens (including phenoxy) is 1. The second-order valence-electron chi connectivity index (χ2n) is 2.27. The lowest BCUT2D eigenvalue weighted by Crippen LogP contribution is -2.13. The molecule has 0 aliphatic carbocycles. The molecule has 0 saturated heterocycles. The molecule has 0 fully saturated rings. The largest absolute Gasteiger partial charge is 0.515 e. The summed E-state index contributed by atoms with van der Waals surface area (Å²) >= 11 is 0. The van der Waals surface area contributed by atoms with Gasteiger partial charge in [0.1, 0.15) is 0 Å². The van der Waals surface area contributed by atoms with Gasteiger partial charge in [0, 0.05) is 5.57 Å². The first kappa shape index (κ1) is 10.4. The van der Waals surface area contributed by atoms with Crippen molar-refractivity contribution in [3.8, 4) is 0 Å². The van der Waals surface area contributed by atoms with Crippen LogP contribution in [0.25, 0.3) is 0 Å². The Morgan fingerprint density at radius 2 is 1.83 bits per heavy atom. The first-order valence-corrected chi connectivity index (χ1v) is 3.22. The van der Waals surface area contributed by atoms with Crippen molar-refractivity contribution in [2.45, 2.75) is 13.8 Å². The van der Waals surface area contributed by atoms with Crippen LogP contribution in [0.2, 0.25) is 0 Å². The molecular formula is C8H10O4. The predicted octanol–water partition coefficient (Wildman–Crippen LogP) is 1.09. The minimum absolute atomic E-state index is 0.0374. The number of carbonyl (C=O) groups excluding carboxylic acids is 2. The molecular weight excluding hydrogens is 160 g/mol. The average molecular weight is 170 g/mol. The summed E-state index contributed by atoms with van der Waals surface area (Å²) in [4.78, 5) is 21.5. The zero-order valence-electron chi connectivity index (χ0n) is 6.96. The number of aliphatic hydroxyl groups is 1. The first-order chi connectivity index (χ1) is 5.49. The van der Waals surface area contributed by atoms with Crippen LogP contribution in [0.4, 0.5) is 0 Å². The summed E-state index contributed by atoms with van der Waals surface area (Å²) in [5.41, 5.74) is 0.0960. The van der Waals surface area contributed by atoms with Crippen molar-refractivity contribution in [1.82, 2.24) is 0 Å². The van der Waals surface area contributed by atoms with Gasteiger partial charge >= 0.3 is 11.9 Å². The Hall–Kier alpha value is -1.58. The second kappa shape index (κ2) is 4.33. The van der Waals surface area contributed by atoms with Crippen LogP contribution in [0.5, 0.6) is 0 Å². The van der Waals surface area contributed by atoms with E-state index in [-0.39, 0.29) is 11.1 Å². The fourth-order valence-electron chi connectivity index (χ4n) is 0.305. The lowest BCUT2D eigenvalue weighted by atomic mass is 10.3. The highest BCUT2D eigenvalue weighted by Crippen LogP contribution is 1.99. The van der Waals surface area contributed by atoms with E-state index in [1.807, 2.05) is 0 Å². The van der Waals surface area contributed by atoms with Gasteiger partial charge in [-0.2, -0.15) is 0 Å². The zero-order chi connectivity index (χ0) is 9.72. The quantitative estimate of drug-likeness (QED) is 0.291. The minimum atomic E-state index is -0.870. The molecule has 0 heterocycles. The smallest absolute Gasteiger partial charge is 0.344 e. The molecule has 0 bridgehead atoms. The number of hydrogen-bond donors (Lipinski definition) is 1. The topological polar surface area (TPSA) is 63.6 Å². The van der Waals surface area contributed by atoms with Crippen LogP contribution in [-0.2, 0) is 14.3 Å². The summed E-state index contributed by atoms with van der Waals surface area (Å²) in [5.74, 6) is -1.66. The van der Waals surface area contributed by atoms with Crippen molar-refractivity contribution in [1.29, 1.82) is 0 Å². The van der Waals surface area contributed by atoms with E-state index >= 15 is 0 Å². The van der Waals surface area contributed by atoms with Gasteiger partial charge in [-0.3, -0.25) is 0 Å². The predicted molar refractivity (Wildman–Crippen MR) is 42.3 cm³/mol. The third kappa shape index (κ3) is 3.01. The standard InChI is InChI=1S/C8H10O4/c1-5(2)7(10)12-8(11)6(3)4-9/h4,9H,1H2,2-3H3. The average Bonchev–Trinajstić information content (AvgIpc) is 2.02. The highest BCUT2D eigenvalue weighted by atomic mass is 16.6. The van der Waals surface area contributed by atoms with Gasteiger partial charge in [0.05, 0.1) is 11.8 Å². The highest BCUT2D eigenvalue weighted by molar-refractivity contribution is 6.00.